The highest BCUT2D eigenvalue weighted by Gasteiger charge is 2.44. The molecule has 0 N–H and O–H groups in total. The van der Waals surface area contributed by atoms with Gasteiger partial charge >= 0.3 is 0 Å². The molecule has 4 nitrogen and oxygen atoms in total. The molecule has 5 heteroatoms. The van der Waals surface area contributed by atoms with Gasteiger partial charge in [-0.25, -0.2) is 0 Å². The summed E-state index contributed by atoms with van der Waals surface area (Å²) in [6.45, 7) is 5.13. The second-order valence-corrected chi connectivity index (χ2v) is 7.69. The van der Waals surface area contributed by atoms with Crippen molar-refractivity contribution in [1.82, 2.24) is 9.80 Å². The number of hydrogen-bond acceptors (Lipinski definition) is 4. The number of nitrogens with zero attached hydrogens (tertiary/aromatic N) is 2. The van der Waals surface area contributed by atoms with E-state index < -0.39 is 0 Å². The normalized spacial score (nSPS) is 29.9. The summed E-state index contributed by atoms with van der Waals surface area (Å²) in [5, 5.41) is 1.99. The third-order valence-electron chi connectivity index (χ3n) is 5.52. The molecule has 1 aromatic heterocycles. The van der Waals surface area contributed by atoms with Crippen molar-refractivity contribution in [3.05, 3.63) is 22.4 Å². The van der Waals surface area contributed by atoms with Crippen LogP contribution < -0.4 is 0 Å². The van der Waals surface area contributed by atoms with E-state index in [4.69, 9.17) is 4.74 Å². The van der Waals surface area contributed by atoms with Gasteiger partial charge in [-0.15, -0.1) is 11.3 Å². The zero-order valence-corrected chi connectivity index (χ0v) is 13.8. The smallest absolute Gasteiger partial charge is 0.264 e. The predicted octanol–water partition coefficient (Wildman–Crippen LogP) is 2.46. The van der Waals surface area contributed by atoms with Gasteiger partial charge in [0.15, 0.2) is 0 Å². The van der Waals surface area contributed by atoms with Crippen LogP contribution in [-0.4, -0.2) is 60.6 Å². The summed E-state index contributed by atoms with van der Waals surface area (Å²) < 4.78 is 5.47. The zero-order valence-electron chi connectivity index (χ0n) is 12.9. The van der Waals surface area contributed by atoms with Crippen molar-refractivity contribution in [3.63, 3.8) is 0 Å². The molecule has 0 aliphatic carbocycles. The average molecular weight is 320 g/mol. The maximum Gasteiger partial charge on any atom is 0.264 e. The third-order valence-corrected chi connectivity index (χ3v) is 6.38. The zero-order chi connectivity index (χ0) is 14.9. The Morgan fingerprint density at radius 2 is 2.00 bits per heavy atom. The minimum Gasteiger partial charge on any atom is -0.381 e. The first kappa shape index (κ1) is 14.7. The Kier molecular flexibility index (Phi) is 4.20. The van der Waals surface area contributed by atoms with Gasteiger partial charge < -0.3 is 9.64 Å². The van der Waals surface area contributed by atoms with E-state index >= 15 is 0 Å². The fourth-order valence-corrected chi connectivity index (χ4v) is 5.04. The van der Waals surface area contributed by atoms with Gasteiger partial charge in [0.25, 0.3) is 5.91 Å². The lowest BCUT2D eigenvalue weighted by Crippen LogP contribution is -2.41. The number of amides is 1. The topological polar surface area (TPSA) is 32.8 Å². The molecule has 0 bridgehead atoms. The molecule has 3 saturated heterocycles. The Hall–Kier alpha value is -0.910. The van der Waals surface area contributed by atoms with Crippen LogP contribution in [0.1, 0.15) is 35.4 Å². The van der Waals surface area contributed by atoms with Crippen molar-refractivity contribution in [1.29, 1.82) is 0 Å². The molecule has 0 radical (unpaired) electrons. The molecule has 4 rings (SSSR count). The Morgan fingerprint density at radius 3 is 2.77 bits per heavy atom. The molecule has 2 atom stereocenters. The van der Waals surface area contributed by atoms with E-state index in [0.29, 0.717) is 12.1 Å². The second kappa shape index (κ2) is 6.30. The lowest BCUT2D eigenvalue weighted by molar-refractivity contribution is 0.0502. The monoisotopic (exact) mass is 320 g/mol. The van der Waals surface area contributed by atoms with Crippen molar-refractivity contribution in [2.45, 2.75) is 37.8 Å². The number of hydrogen-bond donors (Lipinski definition) is 0. The standard InChI is InChI=1S/C17H24N2O2S/c20-17(16-2-1-11-22-16)19-8-4-14-15(19)3-7-18(14)12-13-5-9-21-10-6-13/h1-2,11,13-15H,3-10,12H2/t14-,15+/m1/s1. The number of carbonyl (C=O) groups excluding carboxylic acids is 1. The van der Waals surface area contributed by atoms with Gasteiger partial charge in [0.2, 0.25) is 0 Å². The Labute approximate surface area is 136 Å². The molecule has 0 spiro atoms. The molecule has 120 valence electrons. The fourth-order valence-electron chi connectivity index (χ4n) is 4.36. The van der Waals surface area contributed by atoms with Crippen LogP contribution >= 0.6 is 11.3 Å². The summed E-state index contributed by atoms with van der Waals surface area (Å²) in [6, 6.07) is 4.95. The minimum atomic E-state index is 0.246. The average Bonchev–Trinajstić information content (AvgIpc) is 3.26. The molecule has 4 heterocycles. The summed E-state index contributed by atoms with van der Waals surface area (Å²) in [5.74, 6) is 1.03. The van der Waals surface area contributed by atoms with Gasteiger partial charge in [0.05, 0.1) is 4.88 Å². The largest absolute Gasteiger partial charge is 0.381 e. The maximum atomic E-state index is 12.6. The first-order valence-corrected chi connectivity index (χ1v) is 9.37. The molecule has 22 heavy (non-hydrogen) atoms. The van der Waals surface area contributed by atoms with Crippen molar-refractivity contribution < 1.29 is 9.53 Å². The van der Waals surface area contributed by atoms with Crippen molar-refractivity contribution in [2.75, 3.05) is 32.8 Å². The van der Waals surface area contributed by atoms with Gasteiger partial charge in [-0.3, -0.25) is 9.69 Å². The lowest BCUT2D eigenvalue weighted by atomic mass is 9.99. The van der Waals surface area contributed by atoms with E-state index in [9.17, 15) is 4.79 Å². The molecule has 0 saturated carbocycles. The van der Waals surface area contributed by atoms with Gasteiger partial charge in [-0.05, 0) is 43.0 Å². The summed E-state index contributed by atoms with van der Waals surface area (Å²) in [5.41, 5.74) is 0. The van der Waals surface area contributed by atoms with E-state index in [-0.39, 0.29) is 5.91 Å². The van der Waals surface area contributed by atoms with Crippen LogP contribution in [0.3, 0.4) is 0 Å². The highest BCUT2D eigenvalue weighted by Crippen LogP contribution is 2.34. The van der Waals surface area contributed by atoms with E-state index in [1.807, 2.05) is 17.5 Å². The third kappa shape index (κ3) is 2.70. The van der Waals surface area contributed by atoms with Crippen molar-refractivity contribution >= 4 is 17.2 Å². The van der Waals surface area contributed by atoms with Crippen LogP contribution in [0.25, 0.3) is 0 Å². The summed E-state index contributed by atoms with van der Waals surface area (Å²) in [7, 11) is 0. The Balaban J connectivity index is 1.39. The van der Waals surface area contributed by atoms with Crippen LogP contribution in [0.2, 0.25) is 0 Å². The summed E-state index contributed by atoms with van der Waals surface area (Å²) >= 11 is 1.56. The molecule has 1 aromatic rings. The second-order valence-electron chi connectivity index (χ2n) is 6.74. The van der Waals surface area contributed by atoms with Gasteiger partial charge in [0.1, 0.15) is 0 Å². The molecular formula is C17H24N2O2S. The summed E-state index contributed by atoms with van der Waals surface area (Å²) in [6.07, 6.45) is 4.69. The first-order valence-electron chi connectivity index (χ1n) is 8.49. The van der Waals surface area contributed by atoms with Gasteiger partial charge in [0, 0.05) is 44.9 Å². The number of likely N-dealkylation sites (tertiary alicyclic amines) is 2. The predicted molar refractivity (Wildman–Crippen MR) is 87.3 cm³/mol. The molecule has 0 aromatic carbocycles. The van der Waals surface area contributed by atoms with Crippen LogP contribution in [0, 0.1) is 5.92 Å². The molecule has 3 fully saturated rings. The van der Waals surface area contributed by atoms with Gasteiger partial charge in [-0.1, -0.05) is 6.07 Å². The lowest BCUT2D eigenvalue weighted by Gasteiger charge is -2.30. The molecule has 0 unspecified atom stereocenters. The van der Waals surface area contributed by atoms with Crippen LogP contribution in [0.5, 0.6) is 0 Å². The van der Waals surface area contributed by atoms with Crippen molar-refractivity contribution in [2.24, 2.45) is 5.92 Å². The van der Waals surface area contributed by atoms with Crippen LogP contribution in [-0.2, 0) is 4.74 Å². The van der Waals surface area contributed by atoms with E-state index in [2.05, 4.69) is 9.80 Å². The number of carbonyl (C=O) groups is 1. The Morgan fingerprint density at radius 1 is 1.18 bits per heavy atom. The number of fused-ring (bicyclic) bond motifs is 1. The number of rotatable bonds is 3. The van der Waals surface area contributed by atoms with Crippen LogP contribution in [0.15, 0.2) is 17.5 Å². The molecule has 1 amide bonds. The van der Waals surface area contributed by atoms with Crippen LogP contribution in [0.4, 0.5) is 0 Å². The number of ether oxygens (including phenoxy) is 1. The highest BCUT2D eigenvalue weighted by atomic mass is 32.1. The SMILES string of the molecule is O=C(c1cccs1)N1CC[C@@H]2[C@@H]1CCN2CC1CCOCC1. The summed E-state index contributed by atoms with van der Waals surface area (Å²) in [4.78, 5) is 18.3. The van der Waals surface area contributed by atoms with E-state index in [0.717, 1.165) is 49.9 Å². The maximum absolute atomic E-state index is 12.6. The van der Waals surface area contributed by atoms with E-state index in [1.54, 1.807) is 11.3 Å². The highest BCUT2D eigenvalue weighted by molar-refractivity contribution is 7.12. The number of thiophene rings is 1. The molecule has 3 aliphatic rings. The van der Waals surface area contributed by atoms with Crippen molar-refractivity contribution in [3.8, 4) is 0 Å². The Bertz CT molecular complexity index is 513. The van der Waals surface area contributed by atoms with E-state index in [1.165, 1.54) is 19.4 Å². The molecule has 3 aliphatic heterocycles. The first-order chi connectivity index (χ1) is 10.8. The van der Waals surface area contributed by atoms with Gasteiger partial charge in [-0.2, -0.15) is 0 Å². The fraction of sp³-hybridized carbons (Fsp3) is 0.706. The quantitative estimate of drug-likeness (QED) is 0.858. The minimum absolute atomic E-state index is 0.246. The molecular weight excluding hydrogens is 296 g/mol.